The first-order valence-corrected chi connectivity index (χ1v) is 17.3. The van der Waals surface area contributed by atoms with Crippen LogP contribution in [0.25, 0.3) is 60.2 Å². The Morgan fingerprint density at radius 1 is 0.618 bits per heavy atom. The van der Waals surface area contributed by atoms with Crippen molar-refractivity contribution in [1.82, 2.24) is 9.97 Å². The zero-order valence-corrected chi connectivity index (χ0v) is 28.9. The number of rotatable bonds is 2. The highest BCUT2D eigenvalue weighted by molar-refractivity contribution is 14.1. The molecular formula is C22H8I4N2O2S4. The van der Waals surface area contributed by atoms with E-state index in [2.05, 4.69) is 112 Å². The number of hydrogen-bond donors (Lipinski definition) is 0. The third kappa shape index (κ3) is 3.44. The van der Waals surface area contributed by atoms with Gasteiger partial charge in [-0.2, -0.15) is 0 Å². The number of halogens is 4. The SMILES string of the molecule is Cc1nc(I)c(-c2sc3c(sc4cc5c(cc43)sc3c(I)c(-c4oc(C)nc4I)sc35)c2I)o1. The summed E-state index contributed by atoms with van der Waals surface area (Å²) in [6.45, 7) is 3.81. The number of oxazole rings is 2. The molecule has 0 fully saturated rings. The lowest BCUT2D eigenvalue weighted by Crippen LogP contribution is -1.76. The van der Waals surface area contributed by atoms with Crippen LogP contribution in [0.4, 0.5) is 0 Å². The van der Waals surface area contributed by atoms with E-state index in [0.29, 0.717) is 11.8 Å². The van der Waals surface area contributed by atoms with Gasteiger partial charge in [0.1, 0.15) is 7.40 Å². The van der Waals surface area contributed by atoms with Crippen LogP contribution in [0.3, 0.4) is 0 Å². The van der Waals surface area contributed by atoms with Crippen molar-refractivity contribution in [3.63, 3.8) is 0 Å². The van der Waals surface area contributed by atoms with Crippen LogP contribution in [-0.4, -0.2) is 9.97 Å². The fourth-order valence-electron chi connectivity index (χ4n) is 4.01. The highest BCUT2D eigenvalue weighted by Crippen LogP contribution is 2.52. The minimum absolute atomic E-state index is 0.710. The molecule has 0 atom stereocenters. The topological polar surface area (TPSA) is 52.1 Å². The van der Waals surface area contributed by atoms with Gasteiger partial charge in [0.2, 0.25) is 0 Å². The second kappa shape index (κ2) is 8.45. The number of aryl methyl sites for hydroxylation is 2. The quantitative estimate of drug-likeness (QED) is 0.162. The monoisotopic (exact) mass is 968 g/mol. The van der Waals surface area contributed by atoms with Crippen LogP contribution in [0, 0.1) is 28.4 Å². The molecule has 7 rings (SSSR count). The van der Waals surface area contributed by atoms with Gasteiger partial charge in [-0.1, -0.05) is 0 Å². The van der Waals surface area contributed by atoms with Crippen LogP contribution in [-0.2, 0) is 0 Å². The molecule has 170 valence electrons. The van der Waals surface area contributed by atoms with Crippen molar-refractivity contribution in [2.45, 2.75) is 13.8 Å². The molecule has 0 aliphatic heterocycles. The molecule has 0 saturated heterocycles. The van der Waals surface area contributed by atoms with Gasteiger partial charge in [-0.05, 0) is 102 Å². The summed E-state index contributed by atoms with van der Waals surface area (Å²) in [5.41, 5.74) is 0. The van der Waals surface area contributed by atoms with E-state index in [4.69, 9.17) is 8.83 Å². The normalized spacial score (nSPS) is 12.4. The van der Waals surface area contributed by atoms with Gasteiger partial charge in [0.05, 0.1) is 35.7 Å². The Morgan fingerprint density at radius 3 is 1.38 bits per heavy atom. The third-order valence-corrected chi connectivity index (χ3v) is 15.5. The zero-order chi connectivity index (χ0) is 23.5. The third-order valence-electron chi connectivity index (χ3n) is 5.41. The Labute approximate surface area is 263 Å². The predicted octanol–water partition coefficient (Wildman–Crippen LogP) is 10.9. The highest BCUT2D eigenvalue weighted by Gasteiger charge is 2.25. The molecule has 7 aromatic rings. The summed E-state index contributed by atoms with van der Waals surface area (Å²) >= 11 is 16.8. The molecular weight excluding hydrogens is 960 g/mol. The number of thiophene rings is 4. The minimum Gasteiger partial charge on any atom is -0.439 e. The van der Waals surface area contributed by atoms with Crippen LogP contribution in [0.1, 0.15) is 11.8 Å². The molecule has 1 aromatic carbocycles. The molecule has 6 aromatic heterocycles. The first-order chi connectivity index (χ1) is 16.3. The fraction of sp³-hybridized carbons (Fsp3) is 0.0909. The summed E-state index contributed by atoms with van der Waals surface area (Å²) in [5.74, 6) is 3.20. The number of aromatic nitrogens is 2. The van der Waals surface area contributed by atoms with Crippen LogP contribution in [0.5, 0.6) is 0 Å². The van der Waals surface area contributed by atoms with Gasteiger partial charge in [0.15, 0.2) is 23.3 Å². The lowest BCUT2D eigenvalue weighted by atomic mass is 10.2. The average molecular weight is 968 g/mol. The first-order valence-electron chi connectivity index (χ1n) is 9.75. The molecule has 34 heavy (non-hydrogen) atoms. The fourth-order valence-corrected chi connectivity index (χ4v) is 13.6. The number of hydrogen-bond acceptors (Lipinski definition) is 8. The van der Waals surface area contributed by atoms with E-state index in [1.54, 1.807) is 0 Å². The lowest BCUT2D eigenvalue weighted by molar-refractivity contribution is 0.534. The molecule has 0 unspecified atom stereocenters. The summed E-state index contributed by atoms with van der Waals surface area (Å²) in [6.07, 6.45) is 0. The van der Waals surface area contributed by atoms with E-state index in [1.807, 2.05) is 59.2 Å². The van der Waals surface area contributed by atoms with Crippen molar-refractivity contribution in [2.75, 3.05) is 0 Å². The standard InChI is InChI=1S/C22H8I4N2O2S4/c1-5-27-21(25)13(29-5)17-11(23)19-15(33-17)7-3-10-8(4-9(7)31-19)16-20(32-10)12(24)18(34-16)14-22(26)28-6(2)30-14/h3-4H,1-2H3. The summed E-state index contributed by atoms with van der Waals surface area (Å²) in [4.78, 5) is 11.3. The summed E-state index contributed by atoms with van der Waals surface area (Å²) in [7, 11) is 0. The van der Waals surface area contributed by atoms with Gasteiger partial charge < -0.3 is 8.83 Å². The van der Waals surface area contributed by atoms with Crippen molar-refractivity contribution in [1.29, 1.82) is 0 Å². The van der Waals surface area contributed by atoms with Gasteiger partial charge >= 0.3 is 0 Å². The van der Waals surface area contributed by atoms with Crippen molar-refractivity contribution in [2.24, 2.45) is 0 Å². The zero-order valence-electron chi connectivity index (χ0n) is 17.0. The molecule has 0 amide bonds. The molecule has 0 N–H and O–H groups in total. The Balaban J connectivity index is 1.46. The number of nitrogens with zero attached hydrogens (tertiary/aromatic N) is 2. The molecule has 0 saturated carbocycles. The van der Waals surface area contributed by atoms with Crippen LogP contribution < -0.4 is 0 Å². The maximum atomic E-state index is 5.94. The van der Waals surface area contributed by atoms with Crippen molar-refractivity contribution < 1.29 is 8.83 Å². The van der Waals surface area contributed by atoms with Gasteiger partial charge in [-0.15, -0.1) is 45.3 Å². The van der Waals surface area contributed by atoms with E-state index in [-0.39, 0.29) is 0 Å². The molecule has 0 bridgehead atoms. The van der Waals surface area contributed by atoms with E-state index in [9.17, 15) is 0 Å². The van der Waals surface area contributed by atoms with Crippen molar-refractivity contribution in [3.8, 4) is 21.3 Å². The number of fused-ring (bicyclic) bond motifs is 6. The Morgan fingerprint density at radius 2 is 1.03 bits per heavy atom. The number of benzene rings is 1. The van der Waals surface area contributed by atoms with Gasteiger partial charge in [0.25, 0.3) is 0 Å². The molecule has 0 aliphatic rings. The molecule has 0 radical (unpaired) electrons. The van der Waals surface area contributed by atoms with Gasteiger partial charge in [-0.3, -0.25) is 0 Å². The second-order valence-electron chi connectivity index (χ2n) is 7.56. The Bertz CT molecular complexity index is 1810. The molecule has 0 spiro atoms. The largest absolute Gasteiger partial charge is 0.439 e. The van der Waals surface area contributed by atoms with Crippen LogP contribution in [0.2, 0.25) is 0 Å². The maximum absolute atomic E-state index is 5.94. The van der Waals surface area contributed by atoms with Crippen LogP contribution in [0.15, 0.2) is 21.0 Å². The molecule has 0 aliphatic carbocycles. The summed E-state index contributed by atoms with van der Waals surface area (Å²) in [5, 5.41) is 2.66. The van der Waals surface area contributed by atoms with E-state index < -0.39 is 0 Å². The van der Waals surface area contributed by atoms with Gasteiger partial charge in [-0.25, -0.2) is 9.97 Å². The lowest BCUT2D eigenvalue weighted by Gasteiger charge is -1.96. The smallest absolute Gasteiger partial charge is 0.192 e. The first kappa shape index (κ1) is 23.5. The van der Waals surface area contributed by atoms with Crippen LogP contribution >= 0.6 is 136 Å². The summed E-state index contributed by atoms with van der Waals surface area (Å²) < 4.78 is 24.3. The Kier molecular flexibility index (Phi) is 5.85. The van der Waals surface area contributed by atoms with E-state index >= 15 is 0 Å². The molecule has 4 nitrogen and oxygen atoms in total. The van der Waals surface area contributed by atoms with Gasteiger partial charge in [0, 0.05) is 34.0 Å². The second-order valence-corrected chi connectivity index (χ2v) is 15.9. The predicted molar refractivity (Wildman–Crippen MR) is 179 cm³/mol. The highest BCUT2D eigenvalue weighted by atomic mass is 127. The van der Waals surface area contributed by atoms with E-state index in [1.165, 1.54) is 55.9 Å². The molecule has 12 heteroatoms. The Hall–Kier alpha value is 0.400. The maximum Gasteiger partial charge on any atom is 0.192 e. The summed E-state index contributed by atoms with van der Waals surface area (Å²) in [6, 6.07) is 4.76. The average Bonchev–Trinajstić information content (AvgIpc) is 3.59. The molecule has 6 heterocycles. The van der Waals surface area contributed by atoms with Crippen molar-refractivity contribution in [3.05, 3.63) is 38.5 Å². The van der Waals surface area contributed by atoms with E-state index in [0.717, 1.165) is 18.9 Å². The van der Waals surface area contributed by atoms with Crippen molar-refractivity contribution >= 4 is 175 Å². The minimum atomic E-state index is 0.710.